The van der Waals surface area contributed by atoms with Gasteiger partial charge in [-0.1, -0.05) is 31.2 Å². The maximum Gasteiger partial charge on any atom is 0.193 e. The Balaban J connectivity index is 1.73. The first-order valence-corrected chi connectivity index (χ1v) is 8.33. The van der Waals surface area contributed by atoms with Gasteiger partial charge in [0.1, 0.15) is 0 Å². The van der Waals surface area contributed by atoms with E-state index >= 15 is 0 Å². The summed E-state index contributed by atoms with van der Waals surface area (Å²) >= 11 is 1.67. The van der Waals surface area contributed by atoms with E-state index in [1.807, 2.05) is 0 Å². The average Bonchev–Trinajstić information content (AvgIpc) is 3.05. The Kier molecular flexibility index (Phi) is 2.91. The molecule has 2 heterocycles. The van der Waals surface area contributed by atoms with Crippen LogP contribution in [0, 0.1) is 0 Å². The minimum atomic E-state index is -0.285. The van der Waals surface area contributed by atoms with Crippen LogP contribution in [0.15, 0.2) is 42.0 Å². The van der Waals surface area contributed by atoms with E-state index < -0.39 is 0 Å². The normalized spacial score (nSPS) is 25.1. The van der Waals surface area contributed by atoms with Crippen molar-refractivity contribution in [1.82, 2.24) is 9.38 Å². The molecule has 1 aliphatic carbocycles. The fourth-order valence-electron chi connectivity index (χ4n) is 3.51. The largest absolute Gasteiger partial charge is 0.321 e. The molecule has 3 aromatic rings. The molecule has 1 aliphatic rings. The van der Waals surface area contributed by atoms with Crippen molar-refractivity contribution in [3.05, 3.63) is 58.9 Å². The topological polar surface area (TPSA) is 43.3 Å². The first kappa shape index (κ1) is 13.0. The highest BCUT2D eigenvalue weighted by molar-refractivity contribution is 7.15. The Labute approximate surface area is 128 Å². The van der Waals surface area contributed by atoms with Gasteiger partial charge in [-0.15, -0.1) is 11.3 Å². The van der Waals surface area contributed by atoms with E-state index in [0.717, 1.165) is 29.9 Å². The van der Waals surface area contributed by atoms with Crippen LogP contribution in [0.1, 0.15) is 42.5 Å². The van der Waals surface area contributed by atoms with E-state index in [2.05, 4.69) is 53.4 Å². The number of thiazole rings is 1. The van der Waals surface area contributed by atoms with Crippen LogP contribution in [-0.2, 0) is 12.0 Å². The van der Waals surface area contributed by atoms with E-state index in [4.69, 9.17) is 10.7 Å². The molecule has 0 saturated carbocycles. The number of benzene rings is 1. The minimum Gasteiger partial charge on any atom is -0.321 e. The molecule has 108 valence electrons. The van der Waals surface area contributed by atoms with Crippen molar-refractivity contribution in [2.45, 2.75) is 37.6 Å². The van der Waals surface area contributed by atoms with Crippen LogP contribution in [0.25, 0.3) is 4.96 Å². The molecule has 1 aromatic carbocycles. The molecule has 0 aliphatic heterocycles. The summed E-state index contributed by atoms with van der Waals surface area (Å²) in [7, 11) is 0. The lowest BCUT2D eigenvalue weighted by Crippen LogP contribution is -2.42. The zero-order valence-corrected chi connectivity index (χ0v) is 12.9. The maximum atomic E-state index is 6.81. The van der Waals surface area contributed by atoms with Crippen molar-refractivity contribution in [3.8, 4) is 0 Å². The van der Waals surface area contributed by atoms with Crippen molar-refractivity contribution in [1.29, 1.82) is 0 Å². The van der Waals surface area contributed by atoms with Gasteiger partial charge in [0.25, 0.3) is 0 Å². The van der Waals surface area contributed by atoms with E-state index in [-0.39, 0.29) is 5.54 Å². The van der Waals surface area contributed by atoms with Gasteiger partial charge in [0.2, 0.25) is 0 Å². The second-order valence-electron chi connectivity index (χ2n) is 6.18. The average molecular weight is 297 g/mol. The Morgan fingerprint density at radius 3 is 3.14 bits per heavy atom. The second-order valence-corrected chi connectivity index (χ2v) is 7.06. The number of hydrogen-bond acceptors (Lipinski definition) is 3. The number of nitrogens with two attached hydrogens (primary N) is 1. The van der Waals surface area contributed by atoms with Crippen molar-refractivity contribution in [2.24, 2.45) is 5.73 Å². The predicted molar refractivity (Wildman–Crippen MR) is 86.7 cm³/mol. The number of nitrogens with zero attached hydrogens (tertiary/aromatic N) is 2. The smallest absolute Gasteiger partial charge is 0.193 e. The second kappa shape index (κ2) is 4.68. The molecule has 3 nitrogen and oxygen atoms in total. The molecule has 0 saturated heterocycles. The third-order valence-electron chi connectivity index (χ3n) is 4.69. The standard InChI is InChI=1S/C17H19N3S/c1-12-6-7-17(18,15-5-3-2-4-14(12)15)10-13-11-20-8-9-21-16(20)19-13/h2-5,8-9,11-12H,6-7,10,18H2,1H3. The molecule has 4 heteroatoms. The van der Waals surface area contributed by atoms with Crippen LogP contribution < -0.4 is 5.73 Å². The number of aromatic nitrogens is 2. The molecule has 0 fully saturated rings. The van der Waals surface area contributed by atoms with Crippen molar-refractivity contribution in [2.75, 3.05) is 0 Å². The number of hydrogen-bond donors (Lipinski definition) is 1. The van der Waals surface area contributed by atoms with Crippen LogP contribution in [-0.4, -0.2) is 9.38 Å². The molecule has 0 spiro atoms. The monoisotopic (exact) mass is 297 g/mol. The van der Waals surface area contributed by atoms with Gasteiger partial charge in [-0.2, -0.15) is 0 Å². The quantitative estimate of drug-likeness (QED) is 0.784. The fourth-order valence-corrected chi connectivity index (χ4v) is 4.23. The summed E-state index contributed by atoms with van der Waals surface area (Å²) < 4.78 is 2.08. The van der Waals surface area contributed by atoms with Crippen molar-refractivity contribution in [3.63, 3.8) is 0 Å². The van der Waals surface area contributed by atoms with E-state index in [9.17, 15) is 0 Å². The van der Waals surface area contributed by atoms with Gasteiger partial charge in [0.15, 0.2) is 4.96 Å². The van der Waals surface area contributed by atoms with Crippen LogP contribution in [0.3, 0.4) is 0 Å². The third-order valence-corrected chi connectivity index (χ3v) is 5.46. The summed E-state index contributed by atoms with van der Waals surface area (Å²) in [4.78, 5) is 5.75. The van der Waals surface area contributed by atoms with Gasteiger partial charge in [-0.05, 0) is 29.9 Å². The Hall–Kier alpha value is -1.65. The number of imidazole rings is 1. The number of rotatable bonds is 2. The lowest BCUT2D eigenvalue weighted by atomic mass is 9.71. The molecule has 0 bridgehead atoms. The highest BCUT2D eigenvalue weighted by Crippen LogP contribution is 2.41. The molecule has 0 amide bonds. The van der Waals surface area contributed by atoms with Gasteiger partial charge in [-0.3, -0.25) is 4.40 Å². The van der Waals surface area contributed by atoms with Gasteiger partial charge in [0.05, 0.1) is 5.69 Å². The molecule has 2 atom stereocenters. The maximum absolute atomic E-state index is 6.81. The Morgan fingerprint density at radius 1 is 1.43 bits per heavy atom. The van der Waals surface area contributed by atoms with Gasteiger partial charge < -0.3 is 5.73 Å². The van der Waals surface area contributed by atoms with E-state index in [0.29, 0.717) is 5.92 Å². The zero-order chi connectivity index (χ0) is 14.4. The van der Waals surface area contributed by atoms with E-state index in [1.54, 1.807) is 11.3 Å². The fraction of sp³-hybridized carbons (Fsp3) is 0.353. The van der Waals surface area contributed by atoms with Crippen molar-refractivity contribution >= 4 is 16.3 Å². The minimum absolute atomic E-state index is 0.285. The molecule has 2 unspecified atom stereocenters. The SMILES string of the molecule is CC1CCC(N)(Cc2cn3ccsc3n2)c2ccccc21. The zero-order valence-electron chi connectivity index (χ0n) is 12.1. The molecule has 21 heavy (non-hydrogen) atoms. The highest BCUT2D eigenvalue weighted by atomic mass is 32.1. The van der Waals surface area contributed by atoms with Gasteiger partial charge >= 0.3 is 0 Å². The number of fused-ring (bicyclic) bond motifs is 2. The summed E-state index contributed by atoms with van der Waals surface area (Å²) in [5.74, 6) is 0.600. The highest BCUT2D eigenvalue weighted by Gasteiger charge is 2.35. The van der Waals surface area contributed by atoms with Crippen LogP contribution in [0.4, 0.5) is 0 Å². The summed E-state index contributed by atoms with van der Waals surface area (Å²) in [6.07, 6.45) is 7.15. The van der Waals surface area contributed by atoms with Gasteiger partial charge in [-0.25, -0.2) is 4.98 Å². The molecule has 4 rings (SSSR count). The lowest BCUT2D eigenvalue weighted by Gasteiger charge is -2.38. The van der Waals surface area contributed by atoms with Crippen LogP contribution in [0.5, 0.6) is 0 Å². The Bertz CT molecular complexity index is 760. The predicted octanol–water partition coefficient (Wildman–Crippen LogP) is 3.69. The summed E-state index contributed by atoms with van der Waals surface area (Å²) in [5, 5.41) is 2.06. The van der Waals surface area contributed by atoms with Crippen molar-refractivity contribution < 1.29 is 0 Å². The van der Waals surface area contributed by atoms with Crippen LogP contribution >= 0.6 is 11.3 Å². The molecule has 0 radical (unpaired) electrons. The molecule has 2 aromatic heterocycles. The summed E-state index contributed by atoms with van der Waals surface area (Å²) in [6, 6.07) is 8.65. The summed E-state index contributed by atoms with van der Waals surface area (Å²) in [6.45, 7) is 2.30. The lowest BCUT2D eigenvalue weighted by molar-refractivity contribution is 0.346. The summed E-state index contributed by atoms with van der Waals surface area (Å²) in [5.41, 5.74) is 10.3. The van der Waals surface area contributed by atoms with E-state index in [1.165, 1.54) is 11.1 Å². The molecular weight excluding hydrogens is 278 g/mol. The molecular formula is C17H19N3S. The van der Waals surface area contributed by atoms with Crippen LogP contribution in [0.2, 0.25) is 0 Å². The van der Waals surface area contributed by atoms with Gasteiger partial charge in [0, 0.05) is 29.7 Å². The third kappa shape index (κ3) is 2.10. The molecule has 2 N–H and O–H groups in total. The first-order valence-electron chi connectivity index (χ1n) is 7.45. The first-order chi connectivity index (χ1) is 10.2. The Morgan fingerprint density at radius 2 is 2.29 bits per heavy atom.